The molecule has 3 aromatic carbocycles. The number of aliphatic imine (C=N–C) groups is 1. The summed E-state index contributed by atoms with van der Waals surface area (Å²) in [6.45, 7) is 0. The minimum atomic E-state index is 0.0137. The van der Waals surface area contributed by atoms with Crippen LogP contribution in [0.3, 0.4) is 0 Å². The summed E-state index contributed by atoms with van der Waals surface area (Å²) < 4.78 is 5.98. The molecular formula is C21H14ClNO3. The molecule has 128 valence electrons. The Labute approximate surface area is 154 Å². The molecule has 0 saturated carbocycles. The van der Waals surface area contributed by atoms with Gasteiger partial charge in [0, 0.05) is 28.8 Å². The van der Waals surface area contributed by atoms with E-state index in [9.17, 15) is 10.2 Å². The highest BCUT2D eigenvalue weighted by Crippen LogP contribution is 2.35. The molecule has 0 unspecified atom stereocenters. The zero-order valence-corrected chi connectivity index (χ0v) is 14.3. The molecule has 0 aliphatic heterocycles. The molecule has 0 spiro atoms. The van der Waals surface area contributed by atoms with Gasteiger partial charge in [0.05, 0.1) is 10.7 Å². The molecule has 26 heavy (non-hydrogen) atoms. The van der Waals surface area contributed by atoms with Crippen molar-refractivity contribution in [2.75, 3.05) is 0 Å². The predicted molar refractivity (Wildman–Crippen MR) is 104 cm³/mol. The highest BCUT2D eigenvalue weighted by Gasteiger charge is 2.15. The van der Waals surface area contributed by atoms with Gasteiger partial charge in [-0.1, -0.05) is 41.9 Å². The fraction of sp³-hybridized carbons (Fsp3) is 0. The van der Waals surface area contributed by atoms with Gasteiger partial charge < -0.3 is 14.6 Å². The second-order valence-electron chi connectivity index (χ2n) is 5.79. The third-order valence-electron chi connectivity index (χ3n) is 4.02. The van der Waals surface area contributed by atoms with Gasteiger partial charge in [-0.25, -0.2) is 0 Å². The van der Waals surface area contributed by atoms with E-state index in [0.717, 1.165) is 16.5 Å². The number of aromatic hydroxyl groups is 2. The third kappa shape index (κ3) is 3.03. The average molecular weight is 364 g/mol. The zero-order valence-electron chi connectivity index (χ0n) is 13.6. The van der Waals surface area contributed by atoms with Crippen molar-refractivity contribution < 1.29 is 14.6 Å². The minimum absolute atomic E-state index is 0.0137. The number of hydrogen-bond donors (Lipinski definition) is 2. The minimum Gasteiger partial charge on any atom is -0.508 e. The number of furan rings is 1. The van der Waals surface area contributed by atoms with Gasteiger partial charge in [0.15, 0.2) is 0 Å². The van der Waals surface area contributed by atoms with Crippen LogP contribution in [0.5, 0.6) is 11.5 Å². The molecule has 0 amide bonds. The summed E-state index contributed by atoms with van der Waals surface area (Å²) in [5, 5.41) is 20.4. The molecule has 4 rings (SSSR count). The van der Waals surface area contributed by atoms with Crippen LogP contribution in [0.15, 0.2) is 76.1 Å². The maximum absolute atomic E-state index is 9.73. The van der Waals surface area contributed by atoms with E-state index < -0.39 is 0 Å². The number of benzene rings is 3. The number of hydrogen-bond acceptors (Lipinski definition) is 4. The van der Waals surface area contributed by atoms with E-state index in [1.807, 2.05) is 30.3 Å². The maximum Gasteiger partial charge on any atom is 0.144 e. The molecule has 1 heterocycles. The van der Waals surface area contributed by atoms with Crippen molar-refractivity contribution in [3.05, 3.63) is 77.3 Å². The average Bonchev–Trinajstić information content (AvgIpc) is 3.01. The molecule has 4 nitrogen and oxygen atoms in total. The van der Waals surface area contributed by atoms with Crippen LogP contribution in [0.1, 0.15) is 5.56 Å². The highest BCUT2D eigenvalue weighted by atomic mass is 35.5. The van der Waals surface area contributed by atoms with Crippen LogP contribution < -0.4 is 0 Å². The van der Waals surface area contributed by atoms with E-state index in [4.69, 9.17) is 16.0 Å². The zero-order chi connectivity index (χ0) is 18.1. The molecule has 0 bridgehead atoms. The van der Waals surface area contributed by atoms with Crippen LogP contribution in [0.2, 0.25) is 5.02 Å². The summed E-state index contributed by atoms with van der Waals surface area (Å²) in [6, 6.07) is 19.4. The molecule has 0 saturated heterocycles. The van der Waals surface area contributed by atoms with Crippen LogP contribution in [0.4, 0.5) is 5.69 Å². The summed E-state index contributed by atoms with van der Waals surface area (Å²) in [6.07, 6.45) is 1.70. The lowest BCUT2D eigenvalue weighted by Gasteiger charge is -2.00. The molecule has 0 aliphatic carbocycles. The van der Waals surface area contributed by atoms with Gasteiger partial charge in [-0.05, 0) is 30.3 Å². The fourth-order valence-corrected chi connectivity index (χ4v) is 2.93. The second kappa shape index (κ2) is 6.58. The molecule has 0 fully saturated rings. The van der Waals surface area contributed by atoms with Gasteiger partial charge in [-0.3, -0.25) is 4.99 Å². The lowest BCUT2D eigenvalue weighted by atomic mass is 10.1. The Hall–Kier alpha value is -3.24. The normalized spacial score (nSPS) is 11.4. The van der Waals surface area contributed by atoms with E-state index in [2.05, 4.69) is 4.99 Å². The lowest BCUT2D eigenvalue weighted by Crippen LogP contribution is -1.84. The molecule has 2 N–H and O–H groups in total. The number of fused-ring (bicyclic) bond motifs is 1. The standard InChI is InChI=1S/C21H14ClNO3/c22-18-10-14(6-9-19(18)25)23-12-17-16-8-7-15(24)11-20(16)26-21(17)13-4-2-1-3-5-13/h1-12,24-25H. The van der Waals surface area contributed by atoms with Crippen molar-refractivity contribution in [1.82, 2.24) is 0 Å². The second-order valence-corrected chi connectivity index (χ2v) is 6.19. The first-order valence-corrected chi connectivity index (χ1v) is 8.33. The van der Waals surface area contributed by atoms with Crippen LogP contribution in [0.25, 0.3) is 22.3 Å². The Morgan fingerprint density at radius 2 is 1.73 bits per heavy atom. The smallest absolute Gasteiger partial charge is 0.144 e. The first-order valence-electron chi connectivity index (χ1n) is 7.95. The quantitative estimate of drug-likeness (QED) is 0.444. The lowest BCUT2D eigenvalue weighted by molar-refractivity contribution is 0.474. The van der Waals surface area contributed by atoms with Crippen molar-refractivity contribution in [2.45, 2.75) is 0 Å². The van der Waals surface area contributed by atoms with Gasteiger partial charge in [0.1, 0.15) is 22.8 Å². The van der Waals surface area contributed by atoms with Crippen LogP contribution in [0, 0.1) is 0 Å². The Balaban J connectivity index is 1.86. The Bertz CT molecular complexity index is 1120. The number of phenols is 2. The maximum atomic E-state index is 9.73. The number of halogens is 1. The van der Waals surface area contributed by atoms with E-state index in [-0.39, 0.29) is 16.5 Å². The van der Waals surface area contributed by atoms with Crippen molar-refractivity contribution in [3.63, 3.8) is 0 Å². The molecule has 4 aromatic rings. The van der Waals surface area contributed by atoms with Gasteiger partial charge in [0.25, 0.3) is 0 Å². The Morgan fingerprint density at radius 1 is 0.923 bits per heavy atom. The summed E-state index contributed by atoms with van der Waals surface area (Å²) in [5.74, 6) is 0.819. The van der Waals surface area contributed by atoms with Crippen molar-refractivity contribution in [3.8, 4) is 22.8 Å². The van der Waals surface area contributed by atoms with E-state index in [1.54, 1.807) is 36.5 Å². The molecule has 0 atom stereocenters. The van der Waals surface area contributed by atoms with Gasteiger partial charge in [-0.15, -0.1) is 0 Å². The van der Waals surface area contributed by atoms with Crippen LogP contribution in [-0.4, -0.2) is 16.4 Å². The molecular weight excluding hydrogens is 350 g/mol. The number of rotatable bonds is 3. The molecule has 0 radical (unpaired) electrons. The summed E-state index contributed by atoms with van der Waals surface area (Å²) >= 11 is 5.94. The summed E-state index contributed by atoms with van der Waals surface area (Å²) in [4.78, 5) is 4.47. The topological polar surface area (TPSA) is 66.0 Å². The number of nitrogens with zero attached hydrogens (tertiary/aromatic N) is 1. The molecule has 1 aromatic heterocycles. The summed E-state index contributed by atoms with van der Waals surface area (Å²) in [5.41, 5.74) is 2.90. The highest BCUT2D eigenvalue weighted by molar-refractivity contribution is 6.32. The first-order chi connectivity index (χ1) is 12.6. The summed E-state index contributed by atoms with van der Waals surface area (Å²) in [7, 11) is 0. The number of phenolic OH excluding ortho intramolecular Hbond substituents is 2. The van der Waals surface area contributed by atoms with Gasteiger partial charge in [0.2, 0.25) is 0 Å². The first kappa shape index (κ1) is 16.2. The Morgan fingerprint density at radius 3 is 2.50 bits per heavy atom. The fourth-order valence-electron chi connectivity index (χ4n) is 2.75. The SMILES string of the molecule is Oc1ccc2c(C=Nc3ccc(O)c(Cl)c3)c(-c3ccccc3)oc2c1. The van der Waals surface area contributed by atoms with E-state index in [1.165, 1.54) is 6.07 Å². The van der Waals surface area contributed by atoms with E-state index >= 15 is 0 Å². The monoisotopic (exact) mass is 363 g/mol. The van der Waals surface area contributed by atoms with E-state index in [0.29, 0.717) is 17.0 Å². The van der Waals surface area contributed by atoms with Crippen LogP contribution in [-0.2, 0) is 0 Å². The van der Waals surface area contributed by atoms with Crippen LogP contribution >= 0.6 is 11.6 Å². The van der Waals surface area contributed by atoms with Gasteiger partial charge in [-0.2, -0.15) is 0 Å². The molecule has 5 heteroatoms. The predicted octanol–water partition coefficient (Wildman–Crippen LogP) is 5.92. The van der Waals surface area contributed by atoms with Crippen molar-refractivity contribution >= 4 is 34.5 Å². The molecule has 0 aliphatic rings. The Kier molecular flexibility index (Phi) is 4.11. The van der Waals surface area contributed by atoms with Crippen molar-refractivity contribution in [2.24, 2.45) is 4.99 Å². The largest absolute Gasteiger partial charge is 0.508 e. The van der Waals surface area contributed by atoms with Gasteiger partial charge >= 0.3 is 0 Å². The van der Waals surface area contributed by atoms with Crippen molar-refractivity contribution in [1.29, 1.82) is 0 Å². The third-order valence-corrected chi connectivity index (χ3v) is 4.32.